The van der Waals surface area contributed by atoms with Crippen LogP contribution in [0.4, 0.5) is 4.39 Å². The molecule has 1 heterocycles. The highest BCUT2D eigenvalue weighted by Gasteiger charge is 2.46. The highest BCUT2D eigenvalue weighted by Crippen LogP contribution is 2.43. The number of likely N-dealkylation sites (N-methyl/N-ethyl adjacent to an activating group) is 1. The summed E-state index contributed by atoms with van der Waals surface area (Å²) < 4.78 is 13.9. The van der Waals surface area contributed by atoms with Crippen LogP contribution in [0.25, 0.3) is 0 Å². The van der Waals surface area contributed by atoms with Gasteiger partial charge in [-0.05, 0) is 35.4 Å². The van der Waals surface area contributed by atoms with E-state index in [1.807, 2.05) is 0 Å². The number of halogens is 2. The van der Waals surface area contributed by atoms with E-state index in [1.165, 1.54) is 4.90 Å². The third-order valence-corrected chi connectivity index (χ3v) is 4.07. The number of amides is 1. The second kappa shape index (κ2) is 3.80. The van der Waals surface area contributed by atoms with Gasteiger partial charge in [-0.15, -0.1) is 0 Å². The molecule has 1 aliphatic carbocycles. The zero-order valence-electron chi connectivity index (χ0n) is 9.01. The minimum absolute atomic E-state index is 0.00563. The summed E-state index contributed by atoms with van der Waals surface area (Å²) in [6.45, 7) is 3.96. The number of nitrogens with zero attached hydrogens (tertiary/aromatic N) is 1. The lowest BCUT2D eigenvalue weighted by atomic mass is 9.91. The fourth-order valence-corrected chi connectivity index (χ4v) is 2.62. The third kappa shape index (κ3) is 1.38. The van der Waals surface area contributed by atoms with E-state index in [0.29, 0.717) is 22.3 Å². The molecule has 0 radical (unpaired) electrons. The van der Waals surface area contributed by atoms with Gasteiger partial charge in [-0.1, -0.05) is 0 Å². The first-order valence-corrected chi connectivity index (χ1v) is 5.89. The number of hydrogen-bond donors (Lipinski definition) is 0. The Kier molecular flexibility index (Phi) is 2.74. The van der Waals surface area contributed by atoms with Crippen LogP contribution in [0, 0.1) is 5.92 Å². The number of Topliss-reactive ketones (excluding diaryl/α,β-unsaturated/α-hetero) is 1. The largest absolute Gasteiger partial charge is 0.309 e. The van der Waals surface area contributed by atoms with Gasteiger partial charge in [0.05, 0.1) is 10.4 Å². The van der Waals surface area contributed by atoms with Crippen molar-refractivity contribution in [2.45, 2.75) is 20.3 Å². The molecule has 0 spiro atoms. The van der Waals surface area contributed by atoms with Crippen LogP contribution >= 0.6 is 15.9 Å². The van der Waals surface area contributed by atoms with Crippen LogP contribution in [0.5, 0.6) is 0 Å². The maximum Gasteiger partial charge on any atom is 0.294 e. The van der Waals surface area contributed by atoms with Crippen LogP contribution in [0.15, 0.2) is 21.6 Å². The van der Waals surface area contributed by atoms with Crippen LogP contribution in [0.2, 0.25) is 0 Å². The van der Waals surface area contributed by atoms with Gasteiger partial charge in [-0.3, -0.25) is 9.59 Å². The smallest absolute Gasteiger partial charge is 0.294 e. The summed E-state index contributed by atoms with van der Waals surface area (Å²) >= 11 is 3.15. The molecule has 16 heavy (non-hydrogen) atoms. The Morgan fingerprint density at radius 1 is 1.50 bits per heavy atom. The minimum atomic E-state index is -0.617. The number of carbonyl (C=O) groups is 2. The third-order valence-electron chi connectivity index (χ3n) is 3.04. The highest BCUT2D eigenvalue weighted by atomic mass is 79.9. The zero-order chi connectivity index (χ0) is 12.0. The molecule has 0 N–H and O–H groups in total. The molecule has 86 valence electrons. The van der Waals surface area contributed by atoms with E-state index in [0.717, 1.165) is 0 Å². The Balaban J connectivity index is 2.57. The van der Waals surface area contributed by atoms with Crippen molar-refractivity contribution in [1.29, 1.82) is 0 Å². The molecule has 1 fully saturated rings. The molecule has 3 nitrogen and oxygen atoms in total. The average molecular weight is 288 g/mol. The SMILES string of the molecule is CCN1C(=O)C(=O)C2CC(F)=C(Br)C(C)=C21. The lowest BCUT2D eigenvalue weighted by Crippen LogP contribution is -2.26. The summed E-state index contributed by atoms with van der Waals surface area (Å²) in [7, 11) is 0. The second-order valence-electron chi connectivity index (χ2n) is 3.90. The average Bonchev–Trinajstić information content (AvgIpc) is 2.50. The predicted molar refractivity (Wildman–Crippen MR) is 60.3 cm³/mol. The normalized spacial score (nSPS) is 25.8. The van der Waals surface area contributed by atoms with Crippen molar-refractivity contribution in [1.82, 2.24) is 4.90 Å². The molecule has 0 bridgehead atoms. The Hall–Kier alpha value is -0.970. The summed E-state index contributed by atoms with van der Waals surface area (Å²) in [5.41, 5.74) is 1.31. The number of likely N-dealkylation sites (tertiary alicyclic amines) is 1. The first kappa shape index (κ1) is 11.5. The van der Waals surface area contributed by atoms with Crippen LogP contribution in [-0.4, -0.2) is 23.1 Å². The quantitative estimate of drug-likeness (QED) is 0.694. The van der Waals surface area contributed by atoms with Gasteiger partial charge >= 0.3 is 0 Å². The van der Waals surface area contributed by atoms with Crippen LogP contribution < -0.4 is 0 Å². The summed E-state index contributed by atoms with van der Waals surface area (Å²) in [4.78, 5) is 24.8. The lowest BCUT2D eigenvalue weighted by molar-refractivity contribution is -0.140. The van der Waals surface area contributed by atoms with Gasteiger partial charge in [0.2, 0.25) is 5.78 Å². The lowest BCUT2D eigenvalue weighted by Gasteiger charge is -2.24. The van der Waals surface area contributed by atoms with Gasteiger partial charge in [0.15, 0.2) is 0 Å². The van der Waals surface area contributed by atoms with Crippen molar-refractivity contribution >= 4 is 27.6 Å². The molecule has 5 heteroatoms. The molecule has 2 aliphatic rings. The maximum absolute atomic E-state index is 13.5. The predicted octanol–water partition coefficient (Wildman–Crippen LogP) is 2.29. The van der Waals surface area contributed by atoms with Gasteiger partial charge in [0, 0.05) is 18.7 Å². The fraction of sp³-hybridized carbons (Fsp3) is 0.455. The van der Waals surface area contributed by atoms with Crippen molar-refractivity contribution < 1.29 is 14.0 Å². The van der Waals surface area contributed by atoms with Gasteiger partial charge in [0.1, 0.15) is 5.83 Å². The molecule has 1 atom stereocenters. The Labute approximate surface area is 101 Å². The molecule has 0 aromatic carbocycles. The topological polar surface area (TPSA) is 37.4 Å². The monoisotopic (exact) mass is 287 g/mol. The van der Waals surface area contributed by atoms with Gasteiger partial charge in [-0.2, -0.15) is 0 Å². The molecule has 1 unspecified atom stereocenters. The maximum atomic E-state index is 13.5. The van der Waals surface area contributed by atoms with Crippen molar-refractivity contribution in [3.05, 3.63) is 21.6 Å². The fourth-order valence-electron chi connectivity index (χ4n) is 2.26. The summed E-state index contributed by atoms with van der Waals surface area (Å²) in [6, 6.07) is 0. The standard InChI is InChI=1S/C11H11BrFNO2/c1-3-14-9-5(2)8(12)7(13)4-6(9)10(15)11(14)16/h6H,3-4H2,1-2H3. The van der Waals surface area contributed by atoms with Crippen molar-refractivity contribution in [2.24, 2.45) is 5.92 Å². The van der Waals surface area contributed by atoms with E-state index in [9.17, 15) is 14.0 Å². The Bertz CT molecular complexity index is 449. The van der Waals surface area contributed by atoms with E-state index < -0.39 is 17.6 Å². The van der Waals surface area contributed by atoms with Crippen molar-refractivity contribution in [2.75, 3.05) is 6.54 Å². The Morgan fingerprint density at radius 2 is 2.12 bits per heavy atom. The van der Waals surface area contributed by atoms with Crippen molar-refractivity contribution in [3.8, 4) is 0 Å². The molecule has 1 amide bonds. The van der Waals surface area contributed by atoms with E-state index in [2.05, 4.69) is 15.9 Å². The summed E-state index contributed by atoms with van der Waals surface area (Å²) in [5, 5.41) is 0. The van der Waals surface area contributed by atoms with Gasteiger partial charge in [0.25, 0.3) is 5.91 Å². The highest BCUT2D eigenvalue weighted by molar-refractivity contribution is 9.12. The molecule has 1 saturated heterocycles. The molecule has 0 saturated carbocycles. The molecule has 0 aromatic heterocycles. The molecular formula is C11H11BrFNO2. The number of rotatable bonds is 1. The van der Waals surface area contributed by atoms with Crippen LogP contribution in [0.1, 0.15) is 20.3 Å². The number of carbonyl (C=O) groups excluding carboxylic acids is 2. The first-order chi connectivity index (χ1) is 7.49. The number of allylic oxidation sites excluding steroid dienone is 4. The number of hydrogen-bond acceptors (Lipinski definition) is 2. The van der Waals surface area contributed by atoms with E-state index >= 15 is 0 Å². The summed E-state index contributed by atoms with van der Waals surface area (Å²) in [6.07, 6.45) is -0.00563. The number of ketones is 1. The van der Waals surface area contributed by atoms with E-state index in [4.69, 9.17) is 0 Å². The molecule has 1 aliphatic heterocycles. The van der Waals surface area contributed by atoms with Crippen LogP contribution in [-0.2, 0) is 9.59 Å². The number of fused-ring (bicyclic) bond motifs is 1. The zero-order valence-corrected chi connectivity index (χ0v) is 10.6. The Morgan fingerprint density at radius 3 is 2.69 bits per heavy atom. The first-order valence-electron chi connectivity index (χ1n) is 5.10. The van der Waals surface area contributed by atoms with E-state index in [-0.39, 0.29) is 12.2 Å². The minimum Gasteiger partial charge on any atom is -0.309 e. The van der Waals surface area contributed by atoms with E-state index in [1.54, 1.807) is 13.8 Å². The van der Waals surface area contributed by atoms with Gasteiger partial charge < -0.3 is 4.90 Å². The van der Waals surface area contributed by atoms with Crippen LogP contribution in [0.3, 0.4) is 0 Å². The van der Waals surface area contributed by atoms with Gasteiger partial charge in [-0.25, -0.2) is 4.39 Å². The molecule has 0 aromatic rings. The second-order valence-corrected chi connectivity index (χ2v) is 4.69. The molecule has 2 rings (SSSR count). The summed E-state index contributed by atoms with van der Waals surface area (Å²) in [5.74, 6) is -1.98. The van der Waals surface area contributed by atoms with Crippen molar-refractivity contribution in [3.63, 3.8) is 0 Å². The molecular weight excluding hydrogens is 277 g/mol.